The lowest BCUT2D eigenvalue weighted by molar-refractivity contribution is 0.196. The van der Waals surface area contributed by atoms with Gasteiger partial charge in [-0.2, -0.15) is 0 Å². The number of aliphatic hydroxyl groups is 1. The molecule has 0 aliphatic heterocycles. The Bertz CT molecular complexity index is 689. The molecule has 0 saturated heterocycles. The van der Waals surface area contributed by atoms with Crippen LogP contribution < -0.4 is 0 Å². The monoisotopic (exact) mass is 223 g/mol. The Balaban J connectivity index is 2.55. The number of hydrogen-bond donors (Lipinski definition) is 1. The molecule has 2 aromatic carbocycles. The van der Waals surface area contributed by atoms with E-state index in [4.69, 9.17) is 0 Å². The van der Waals surface area contributed by atoms with Crippen molar-refractivity contribution in [3.8, 4) is 0 Å². The molecule has 1 heterocycles. The summed E-state index contributed by atoms with van der Waals surface area (Å²) in [6.07, 6.45) is -0.551. The average Bonchev–Trinajstić information content (AvgIpc) is 2.37. The van der Waals surface area contributed by atoms with E-state index in [0.29, 0.717) is 0 Å². The van der Waals surface area contributed by atoms with Gasteiger partial charge in [0.25, 0.3) is 0 Å². The molecule has 0 aliphatic rings. The topological polar surface area (TPSA) is 33.1 Å². The standard InChI is InChI=1S/C15H13NO/c1-10(17)15-13-8-3-2-6-11(13)12-7-4-5-9-14(12)16-15/h2-10,17H,1H3. The van der Waals surface area contributed by atoms with Gasteiger partial charge in [-0.25, -0.2) is 4.98 Å². The lowest BCUT2D eigenvalue weighted by atomic mass is 10.0. The predicted molar refractivity (Wildman–Crippen MR) is 69.9 cm³/mol. The summed E-state index contributed by atoms with van der Waals surface area (Å²) in [4.78, 5) is 4.55. The summed E-state index contributed by atoms with van der Waals surface area (Å²) < 4.78 is 0. The zero-order valence-corrected chi connectivity index (χ0v) is 9.59. The Morgan fingerprint density at radius 3 is 2.18 bits per heavy atom. The highest BCUT2D eigenvalue weighted by atomic mass is 16.3. The normalized spacial score (nSPS) is 13.1. The van der Waals surface area contributed by atoms with Crippen LogP contribution in [0.25, 0.3) is 21.7 Å². The molecule has 2 nitrogen and oxygen atoms in total. The van der Waals surface area contributed by atoms with Crippen molar-refractivity contribution in [3.63, 3.8) is 0 Å². The van der Waals surface area contributed by atoms with Gasteiger partial charge in [0.05, 0.1) is 17.3 Å². The van der Waals surface area contributed by atoms with E-state index in [0.717, 1.165) is 27.4 Å². The summed E-state index contributed by atoms with van der Waals surface area (Å²) in [5, 5.41) is 13.1. The molecule has 0 fully saturated rings. The molecule has 0 saturated carbocycles. The van der Waals surface area contributed by atoms with Crippen molar-refractivity contribution in [3.05, 3.63) is 54.2 Å². The van der Waals surface area contributed by atoms with Gasteiger partial charge in [-0.05, 0) is 18.4 Å². The molecule has 0 spiro atoms. The molecule has 0 amide bonds. The summed E-state index contributed by atoms with van der Waals surface area (Å²) in [6, 6.07) is 16.1. The fourth-order valence-corrected chi connectivity index (χ4v) is 2.25. The van der Waals surface area contributed by atoms with Crippen molar-refractivity contribution in [1.29, 1.82) is 0 Å². The fourth-order valence-electron chi connectivity index (χ4n) is 2.25. The van der Waals surface area contributed by atoms with Gasteiger partial charge in [0.15, 0.2) is 0 Å². The molecule has 0 bridgehead atoms. The largest absolute Gasteiger partial charge is 0.387 e. The van der Waals surface area contributed by atoms with E-state index in [9.17, 15) is 5.11 Å². The van der Waals surface area contributed by atoms with Crippen molar-refractivity contribution in [2.24, 2.45) is 0 Å². The fraction of sp³-hybridized carbons (Fsp3) is 0.133. The van der Waals surface area contributed by atoms with Gasteiger partial charge < -0.3 is 5.11 Å². The summed E-state index contributed by atoms with van der Waals surface area (Å²) in [5.74, 6) is 0. The van der Waals surface area contributed by atoms with Gasteiger partial charge in [0.2, 0.25) is 0 Å². The molecule has 2 heteroatoms. The highest BCUT2D eigenvalue weighted by molar-refractivity contribution is 6.06. The quantitative estimate of drug-likeness (QED) is 0.641. The smallest absolute Gasteiger partial charge is 0.0938 e. The van der Waals surface area contributed by atoms with Gasteiger partial charge in [-0.3, -0.25) is 0 Å². The van der Waals surface area contributed by atoms with E-state index in [1.165, 1.54) is 0 Å². The van der Waals surface area contributed by atoms with Crippen molar-refractivity contribution in [2.45, 2.75) is 13.0 Å². The molecule has 0 radical (unpaired) electrons. The predicted octanol–water partition coefficient (Wildman–Crippen LogP) is 3.44. The first-order chi connectivity index (χ1) is 8.27. The number of aromatic nitrogens is 1. The lowest BCUT2D eigenvalue weighted by Crippen LogP contribution is -1.97. The number of pyridine rings is 1. The van der Waals surface area contributed by atoms with Gasteiger partial charge in [-0.1, -0.05) is 42.5 Å². The van der Waals surface area contributed by atoms with Crippen LogP contribution in [0.4, 0.5) is 0 Å². The maximum absolute atomic E-state index is 9.82. The molecular weight excluding hydrogens is 210 g/mol. The maximum atomic E-state index is 9.82. The van der Waals surface area contributed by atoms with Crippen LogP contribution in [0.2, 0.25) is 0 Å². The Hall–Kier alpha value is -1.93. The van der Waals surface area contributed by atoms with E-state index in [1.807, 2.05) is 36.4 Å². The second kappa shape index (κ2) is 3.82. The number of hydrogen-bond acceptors (Lipinski definition) is 2. The van der Waals surface area contributed by atoms with Crippen LogP contribution in [0.15, 0.2) is 48.5 Å². The molecule has 1 aromatic heterocycles. The SMILES string of the molecule is CC(O)c1nc2ccccc2c2ccccc12. The Labute approximate surface area is 99.5 Å². The molecule has 0 aliphatic carbocycles. The van der Waals surface area contributed by atoms with Crippen molar-refractivity contribution in [1.82, 2.24) is 4.98 Å². The van der Waals surface area contributed by atoms with Crippen molar-refractivity contribution >= 4 is 21.7 Å². The van der Waals surface area contributed by atoms with E-state index < -0.39 is 6.10 Å². The van der Waals surface area contributed by atoms with Gasteiger partial charge in [0, 0.05) is 10.8 Å². The minimum atomic E-state index is -0.551. The number of aliphatic hydroxyl groups excluding tert-OH is 1. The summed E-state index contributed by atoms with van der Waals surface area (Å²) in [6.45, 7) is 1.75. The van der Waals surface area contributed by atoms with E-state index in [1.54, 1.807) is 6.92 Å². The first-order valence-corrected chi connectivity index (χ1v) is 5.73. The summed E-state index contributed by atoms with van der Waals surface area (Å²) in [5.41, 5.74) is 1.68. The van der Waals surface area contributed by atoms with Crippen LogP contribution in [0.3, 0.4) is 0 Å². The van der Waals surface area contributed by atoms with Crippen LogP contribution >= 0.6 is 0 Å². The number of para-hydroxylation sites is 1. The Morgan fingerprint density at radius 1 is 0.882 bits per heavy atom. The molecule has 3 rings (SSSR count). The van der Waals surface area contributed by atoms with Gasteiger partial charge in [-0.15, -0.1) is 0 Å². The second-order valence-electron chi connectivity index (χ2n) is 4.24. The summed E-state index contributed by atoms with van der Waals surface area (Å²) in [7, 11) is 0. The van der Waals surface area contributed by atoms with E-state index >= 15 is 0 Å². The molecule has 84 valence electrons. The number of benzene rings is 2. The number of rotatable bonds is 1. The highest BCUT2D eigenvalue weighted by Crippen LogP contribution is 2.28. The molecule has 17 heavy (non-hydrogen) atoms. The lowest BCUT2D eigenvalue weighted by Gasteiger charge is -2.11. The first kappa shape index (κ1) is 10.2. The third-order valence-electron chi connectivity index (χ3n) is 3.03. The Morgan fingerprint density at radius 2 is 1.47 bits per heavy atom. The Kier molecular flexibility index (Phi) is 2.30. The van der Waals surface area contributed by atoms with Crippen molar-refractivity contribution in [2.75, 3.05) is 0 Å². The minimum Gasteiger partial charge on any atom is -0.387 e. The molecule has 1 atom stereocenters. The number of fused-ring (bicyclic) bond motifs is 3. The van der Waals surface area contributed by atoms with E-state index in [2.05, 4.69) is 17.1 Å². The van der Waals surface area contributed by atoms with Crippen LogP contribution in [0.5, 0.6) is 0 Å². The minimum absolute atomic E-state index is 0.551. The molecule has 1 unspecified atom stereocenters. The van der Waals surface area contributed by atoms with Crippen molar-refractivity contribution < 1.29 is 5.11 Å². The summed E-state index contributed by atoms with van der Waals surface area (Å²) >= 11 is 0. The van der Waals surface area contributed by atoms with Gasteiger partial charge in [0.1, 0.15) is 0 Å². The van der Waals surface area contributed by atoms with Crippen LogP contribution in [0.1, 0.15) is 18.7 Å². The molecule has 1 N–H and O–H groups in total. The second-order valence-corrected chi connectivity index (χ2v) is 4.24. The van der Waals surface area contributed by atoms with Crippen LogP contribution in [-0.4, -0.2) is 10.1 Å². The van der Waals surface area contributed by atoms with E-state index in [-0.39, 0.29) is 0 Å². The number of nitrogens with zero attached hydrogens (tertiary/aromatic N) is 1. The van der Waals surface area contributed by atoms with Crippen LogP contribution in [0, 0.1) is 0 Å². The van der Waals surface area contributed by atoms with Gasteiger partial charge >= 0.3 is 0 Å². The zero-order chi connectivity index (χ0) is 11.8. The molecule has 3 aromatic rings. The third-order valence-corrected chi connectivity index (χ3v) is 3.03. The van der Waals surface area contributed by atoms with Crippen LogP contribution in [-0.2, 0) is 0 Å². The maximum Gasteiger partial charge on any atom is 0.0938 e. The zero-order valence-electron chi connectivity index (χ0n) is 9.59. The third kappa shape index (κ3) is 1.58. The highest BCUT2D eigenvalue weighted by Gasteiger charge is 2.10. The first-order valence-electron chi connectivity index (χ1n) is 5.73. The molecular formula is C15H13NO. The average molecular weight is 223 g/mol.